The number of rotatable bonds is 7. The third kappa shape index (κ3) is 5.54. The van der Waals surface area contributed by atoms with Gasteiger partial charge in [0.25, 0.3) is 0 Å². The first kappa shape index (κ1) is 19.4. The highest BCUT2D eigenvalue weighted by atomic mass is 19.2. The maximum absolute atomic E-state index is 13.2. The molecule has 1 N–H and O–H groups in total. The van der Waals surface area contributed by atoms with E-state index in [9.17, 15) is 18.4 Å². The molecule has 2 rings (SSSR count). The van der Waals surface area contributed by atoms with Crippen LogP contribution in [0.2, 0.25) is 0 Å². The number of nitrogens with zero attached hydrogens (tertiary/aromatic N) is 1. The summed E-state index contributed by atoms with van der Waals surface area (Å²) in [5.41, 5.74) is 1.12. The molecule has 0 heterocycles. The van der Waals surface area contributed by atoms with Gasteiger partial charge in [0.05, 0.1) is 13.7 Å². The van der Waals surface area contributed by atoms with Gasteiger partial charge in [0.2, 0.25) is 11.8 Å². The first-order chi connectivity index (χ1) is 12.4. The molecule has 0 aliphatic heterocycles. The van der Waals surface area contributed by atoms with Crippen LogP contribution in [0.1, 0.15) is 12.0 Å². The Morgan fingerprint density at radius 1 is 1.08 bits per heavy atom. The third-order valence-electron chi connectivity index (χ3n) is 3.79. The van der Waals surface area contributed by atoms with E-state index in [2.05, 4.69) is 5.32 Å². The molecule has 0 aromatic heterocycles. The summed E-state index contributed by atoms with van der Waals surface area (Å²) in [4.78, 5) is 25.4. The summed E-state index contributed by atoms with van der Waals surface area (Å²) < 4.78 is 31.1. The zero-order valence-electron chi connectivity index (χ0n) is 14.6. The summed E-state index contributed by atoms with van der Waals surface area (Å²) >= 11 is 0. The molecule has 0 spiro atoms. The molecule has 0 bridgehead atoms. The van der Waals surface area contributed by atoms with Crippen molar-refractivity contribution in [2.45, 2.75) is 12.8 Å². The molecule has 2 aromatic rings. The number of carbonyl (C=O) groups is 2. The van der Waals surface area contributed by atoms with Crippen LogP contribution in [0.15, 0.2) is 42.5 Å². The molecule has 0 atom stereocenters. The van der Waals surface area contributed by atoms with E-state index < -0.39 is 11.6 Å². The highest BCUT2D eigenvalue weighted by Crippen LogP contribution is 2.15. The van der Waals surface area contributed by atoms with E-state index in [4.69, 9.17) is 4.74 Å². The molecule has 0 radical (unpaired) electrons. The van der Waals surface area contributed by atoms with E-state index in [1.165, 1.54) is 18.0 Å². The molecule has 5 nitrogen and oxygen atoms in total. The molecule has 0 saturated heterocycles. The highest BCUT2D eigenvalue weighted by Gasteiger charge is 2.14. The number of anilines is 1. The Morgan fingerprint density at radius 3 is 2.38 bits per heavy atom. The van der Waals surface area contributed by atoms with Crippen molar-refractivity contribution in [3.63, 3.8) is 0 Å². The number of amides is 2. The summed E-state index contributed by atoms with van der Waals surface area (Å²) in [6.07, 6.45) is 0.359. The summed E-state index contributed by atoms with van der Waals surface area (Å²) in [5.74, 6) is -1.79. The zero-order valence-corrected chi connectivity index (χ0v) is 14.6. The van der Waals surface area contributed by atoms with Crippen molar-refractivity contribution in [3.05, 3.63) is 59.7 Å². The Balaban J connectivity index is 1.81. The number of carbonyl (C=O) groups excluding carboxylic acids is 2. The van der Waals surface area contributed by atoms with Gasteiger partial charge >= 0.3 is 0 Å². The van der Waals surface area contributed by atoms with Crippen LogP contribution in [-0.2, 0) is 16.0 Å². The van der Waals surface area contributed by atoms with E-state index in [1.54, 1.807) is 31.4 Å². The summed E-state index contributed by atoms with van der Waals surface area (Å²) in [7, 11) is 3.07. The number of hydrogen-bond acceptors (Lipinski definition) is 3. The van der Waals surface area contributed by atoms with Crippen LogP contribution >= 0.6 is 0 Å². The summed E-state index contributed by atoms with van der Waals surface area (Å²) in [6.45, 7) is -0.108. The number of ether oxygens (including phenoxy) is 1. The number of hydrogen-bond donors (Lipinski definition) is 1. The van der Waals surface area contributed by atoms with Gasteiger partial charge in [0.1, 0.15) is 5.75 Å². The Bertz CT molecular complexity index is 779. The number of methoxy groups -OCH3 is 1. The largest absolute Gasteiger partial charge is 0.497 e. The Hall–Kier alpha value is -2.96. The average Bonchev–Trinajstić information content (AvgIpc) is 2.62. The molecular weight excluding hydrogens is 342 g/mol. The molecule has 0 saturated carbocycles. The van der Waals surface area contributed by atoms with Crippen molar-refractivity contribution in [2.75, 3.05) is 26.0 Å². The van der Waals surface area contributed by atoms with Gasteiger partial charge in [-0.25, -0.2) is 8.78 Å². The molecule has 0 aliphatic rings. The number of halogens is 2. The van der Waals surface area contributed by atoms with Gasteiger partial charge < -0.3 is 15.0 Å². The van der Waals surface area contributed by atoms with Gasteiger partial charge in [0.15, 0.2) is 11.6 Å². The van der Waals surface area contributed by atoms with Crippen LogP contribution in [0, 0.1) is 11.6 Å². The SMILES string of the molecule is COc1ccc(NC(=O)CN(C)C(=O)CCc2ccc(F)c(F)c2)cc1. The zero-order chi connectivity index (χ0) is 19.1. The smallest absolute Gasteiger partial charge is 0.243 e. The van der Waals surface area contributed by atoms with Crippen LogP contribution in [0.4, 0.5) is 14.5 Å². The van der Waals surface area contributed by atoms with E-state index in [0.717, 1.165) is 12.1 Å². The molecular formula is C19H20F2N2O3. The molecule has 7 heteroatoms. The number of likely N-dealkylation sites (N-methyl/N-ethyl adjacent to an activating group) is 1. The van der Waals surface area contributed by atoms with Crippen molar-refractivity contribution in [1.82, 2.24) is 4.90 Å². The van der Waals surface area contributed by atoms with Gasteiger partial charge in [-0.2, -0.15) is 0 Å². The number of aryl methyl sites for hydroxylation is 1. The van der Waals surface area contributed by atoms with Gasteiger partial charge in [0, 0.05) is 19.2 Å². The molecule has 2 aromatic carbocycles. The van der Waals surface area contributed by atoms with Crippen LogP contribution in [0.25, 0.3) is 0 Å². The molecule has 138 valence electrons. The van der Waals surface area contributed by atoms with Crippen LogP contribution in [-0.4, -0.2) is 37.4 Å². The fourth-order valence-electron chi connectivity index (χ4n) is 2.32. The van der Waals surface area contributed by atoms with Crippen molar-refractivity contribution in [1.29, 1.82) is 0 Å². The van der Waals surface area contributed by atoms with Gasteiger partial charge in [-0.15, -0.1) is 0 Å². The second-order valence-electron chi connectivity index (χ2n) is 5.77. The van der Waals surface area contributed by atoms with E-state index >= 15 is 0 Å². The van der Waals surface area contributed by atoms with Crippen molar-refractivity contribution < 1.29 is 23.1 Å². The van der Waals surface area contributed by atoms with Crippen LogP contribution < -0.4 is 10.1 Å². The van der Waals surface area contributed by atoms with Gasteiger partial charge in [-0.05, 0) is 48.4 Å². The Labute approximate surface area is 150 Å². The Morgan fingerprint density at radius 2 is 1.77 bits per heavy atom. The van der Waals surface area contributed by atoms with Crippen LogP contribution in [0.3, 0.4) is 0 Å². The lowest BCUT2D eigenvalue weighted by molar-refractivity contribution is -0.133. The molecule has 0 fully saturated rings. The molecule has 2 amide bonds. The number of benzene rings is 2. The molecule has 0 aliphatic carbocycles. The predicted molar refractivity (Wildman–Crippen MR) is 93.9 cm³/mol. The van der Waals surface area contributed by atoms with Crippen molar-refractivity contribution in [3.8, 4) is 5.75 Å². The average molecular weight is 362 g/mol. The molecule has 0 unspecified atom stereocenters. The monoisotopic (exact) mass is 362 g/mol. The quantitative estimate of drug-likeness (QED) is 0.824. The molecule has 26 heavy (non-hydrogen) atoms. The lowest BCUT2D eigenvalue weighted by atomic mass is 10.1. The van der Waals surface area contributed by atoms with Crippen LogP contribution in [0.5, 0.6) is 5.75 Å². The van der Waals surface area contributed by atoms with Gasteiger partial charge in [-0.3, -0.25) is 9.59 Å². The van der Waals surface area contributed by atoms with Crippen molar-refractivity contribution >= 4 is 17.5 Å². The second kappa shape index (κ2) is 8.94. The van der Waals surface area contributed by atoms with E-state index in [1.807, 2.05) is 0 Å². The normalized spacial score (nSPS) is 10.3. The number of nitrogens with one attached hydrogen (secondary N) is 1. The minimum atomic E-state index is -0.942. The maximum atomic E-state index is 13.2. The first-order valence-electron chi connectivity index (χ1n) is 8.01. The summed E-state index contributed by atoms with van der Waals surface area (Å²) in [5, 5.41) is 2.69. The maximum Gasteiger partial charge on any atom is 0.243 e. The first-order valence-corrected chi connectivity index (χ1v) is 8.01. The lowest BCUT2D eigenvalue weighted by Gasteiger charge is -2.17. The minimum absolute atomic E-state index is 0.0946. The fourth-order valence-corrected chi connectivity index (χ4v) is 2.32. The van der Waals surface area contributed by atoms with Gasteiger partial charge in [-0.1, -0.05) is 6.07 Å². The van der Waals surface area contributed by atoms with Crippen molar-refractivity contribution in [2.24, 2.45) is 0 Å². The topological polar surface area (TPSA) is 58.6 Å². The fraction of sp³-hybridized carbons (Fsp3) is 0.263. The second-order valence-corrected chi connectivity index (χ2v) is 5.77. The highest BCUT2D eigenvalue weighted by molar-refractivity contribution is 5.94. The minimum Gasteiger partial charge on any atom is -0.497 e. The van der Waals surface area contributed by atoms with E-state index in [0.29, 0.717) is 17.0 Å². The third-order valence-corrected chi connectivity index (χ3v) is 3.79. The predicted octanol–water partition coefficient (Wildman–Crippen LogP) is 3.00. The Kier molecular flexibility index (Phi) is 6.66. The standard InChI is InChI=1S/C19H20F2N2O3/c1-23(12-18(24)22-14-5-7-15(26-2)8-6-14)19(25)10-4-13-3-9-16(20)17(21)11-13/h3,5-9,11H,4,10,12H2,1-2H3,(H,22,24). The van der Waals surface area contributed by atoms with E-state index in [-0.39, 0.29) is 31.2 Å². The summed E-state index contributed by atoms with van der Waals surface area (Å²) in [6, 6.07) is 10.4. The lowest BCUT2D eigenvalue weighted by Crippen LogP contribution is -2.35.